The number of imidazole rings is 1. The van der Waals surface area contributed by atoms with E-state index in [0.29, 0.717) is 12.2 Å². The van der Waals surface area contributed by atoms with E-state index in [4.69, 9.17) is 0 Å². The Hall–Kier alpha value is -1.21. The molecule has 0 saturated carbocycles. The molecular weight excluding hydrogens is 242 g/mol. The Morgan fingerprint density at radius 2 is 2.18 bits per heavy atom. The van der Waals surface area contributed by atoms with Gasteiger partial charge in [0, 0.05) is 19.7 Å². The van der Waals surface area contributed by atoms with E-state index in [1.807, 2.05) is 0 Å². The van der Waals surface area contributed by atoms with Gasteiger partial charge in [-0.05, 0) is 13.8 Å². The molecule has 1 unspecified atom stereocenters. The Morgan fingerprint density at radius 1 is 1.59 bits per heavy atom. The highest BCUT2D eigenvalue weighted by Crippen LogP contribution is 2.08. The van der Waals surface area contributed by atoms with Crippen LogP contribution < -0.4 is 4.72 Å². The third-order valence-corrected chi connectivity index (χ3v) is 3.94. The van der Waals surface area contributed by atoms with E-state index in [-0.39, 0.29) is 10.8 Å². The Morgan fingerprint density at radius 3 is 2.59 bits per heavy atom. The van der Waals surface area contributed by atoms with Crippen LogP contribution in [0.25, 0.3) is 0 Å². The summed E-state index contributed by atoms with van der Waals surface area (Å²) in [5.41, 5.74) is 0. The zero-order valence-corrected chi connectivity index (χ0v) is 11.2. The van der Waals surface area contributed by atoms with Crippen LogP contribution in [0.1, 0.15) is 26.1 Å². The summed E-state index contributed by atoms with van der Waals surface area (Å²) >= 11 is 0. The van der Waals surface area contributed by atoms with Crippen LogP contribution >= 0.6 is 0 Å². The zero-order valence-electron chi connectivity index (χ0n) is 10.4. The summed E-state index contributed by atoms with van der Waals surface area (Å²) in [4.78, 5) is 15.3. The number of rotatable bonds is 5. The quantitative estimate of drug-likeness (QED) is 0.828. The number of aromatic nitrogens is 2. The third-order valence-electron chi connectivity index (χ3n) is 2.53. The standard InChI is InChI=1S/C10H17N3O3S/c1-5-9(14)7(2)12-17(15,16)10-6-13(4)8(3)11-10/h6-7,12H,5H2,1-4H3. The topological polar surface area (TPSA) is 81.1 Å². The van der Waals surface area contributed by atoms with Crippen molar-refractivity contribution in [1.29, 1.82) is 0 Å². The van der Waals surface area contributed by atoms with E-state index in [0.717, 1.165) is 0 Å². The highest BCUT2D eigenvalue weighted by atomic mass is 32.2. The van der Waals surface area contributed by atoms with Crippen molar-refractivity contribution in [2.75, 3.05) is 0 Å². The summed E-state index contributed by atoms with van der Waals surface area (Å²) in [6, 6.07) is -0.729. The minimum Gasteiger partial charge on any atom is -0.337 e. The molecular formula is C10H17N3O3S. The monoisotopic (exact) mass is 259 g/mol. The van der Waals surface area contributed by atoms with Gasteiger partial charge < -0.3 is 4.57 Å². The second kappa shape index (κ2) is 4.97. The van der Waals surface area contributed by atoms with Crippen LogP contribution in [0.3, 0.4) is 0 Å². The Balaban J connectivity index is 2.93. The average Bonchev–Trinajstić information content (AvgIpc) is 2.58. The van der Waals surface area contributed by atoms with Crippen molar-refractivity contribution >= 4 is 15.8 Å². The minimum absolute atomic E-state index is 0.0618. The van der Waals surface area contributed by atoms with Crippen molar-refractivity contribution in [3.8, 4) is 0 Å². The highest BCUT2D eigenvalue weighted by Gasteiger charge is 2.23. The minimum atomic E-state index is -3.72. The summed E-state index contributed by atoms with van der Waals surface area (Å²) < 4.78 is 27.7. The number of hydrogen-bond acceptors (Lipinski definition) is 4. The number of hydrogen-bond donors (Lipinski definition) is 1. The van der Waals surface area contributed by atoms with E-state index >= 15 is 0 Å². The van der Waals surface area contributed by atoms with Crippen molar-refractivity contribution in [3.63, 3.8) is 0 Å². The third kappa shape index (κ3) is 3.13. The normalized spacial score (nSPS) is 13.6. The summed E-state index contributed by atoms with van der Waals surface area (Å²) in [5.74, 6) is 0.445. The van der Waals surface area contributed by atoms with Crippen LogP contribution in [0.4, 0.5) is 0 Å². The molecule has 1 N–H and O–H groups in total. The lowest BCUT2D eigenvalue weighted by molar-refractivity contribution is -0.119. The molecule has 17 heavy (non-hydrogen) atoms. The predicted octanol–water partition coefficient (Wildman–Crippen LogP) is 0.374. The molecule has 0 saturated heterocycles. The fraction of sp³-hybridized carbons (Fsp3) is 0.600. The molecule has 0 aromatic carbocycles. The van der Waals surface area contributed by atoms with Crippen molar-refractivity contribution in [2.45, 2.75) is 38.3 Å². The molecule has 1 heterocycles. The molecule has 0 spiro atoms. The van der Waals surface area contributed by atoms with Crippen molar-refractivity contribution in [3.05, 3.63) is 12.0 Å². The van der Waals surface area contributed by atoms with Gasteiger partial charge in [0.25, 0.3) is 10.0 Å². The van der Waals surface area contributed by atoms with E-state index in [1.165, 1.54) is 13.1 Å². The van der Waals surface area contributed by atoms with Crippen LogP contribution in [0.2, 0.25) is 0 Å². The van der Waals surface area contributed by atoms with Gasteiger partial charge in [0.05, 0.1) is 6.04 Å². The molecule has 6 nitrogen and oxygen atoms in total. The summed E-state index contributed by atoms with van der Waals surface area (Å²) in [7, 11) is -2.01. The first-order valence-corrected chi connectivity index (χ1v) is 6.81. The van der Waals surface area contributed by atoms with Crippen molar-refractivity contribution in [2.24, 2.45) is 7.05 Å². The molecule has 1 rings (SSSR count). The van der Waals surface area contributed by atoms with Crippen LogP contribution in [0.5, 0.6) is 0 Å². The summed E-state index contributed by atoms with van der Waals surface area (Å²) in [6.07, 6.45) is 1.71. The number of ketones is 1. The highest BCUT2D eigenvalue weighted by molar-refractivity contribution is 7.89. The predicted molar refractivity (Wildman–Crippen MR) is 63.0 cm³/mol. The smallest absolute Gasteiger partial charge is 0.260 e. The van der Waals surface area contributed by atoms with Gasteiger partial charge in [-0.15, -0.1) is 0 Å². The number of Topliss-reactive ketones (excluding diaryl/α,β-unsaturated/α-hetero) is 1. The molecule has 0 aliphatic rings. The zero-order chi connectivity index (χ0) is 13.2. The molecule has 1 aromatic rings. The van der Waals surface area contributed by atoms with E-state index in [1.54, 1.807) is 25.5 Å². The fourth-order valence-electron chi connectivity index (χ4n) is 1.32. The van der Waals surface area contributed by atoms with Gasteiger partial charge in [0.15, 0.2) is 5.03 Å². The number of carbonyl (C=O) groups excluding carboxylic acids is 1. The van der Waals surface area contributed by atoms with E-state index in [2.05, 4.69) is 9.71 Å². The molecule has 7 heteroatoms. The fourth-order valence-corrected chi connectivity index (χ4v) is 2.59. The molecule has 1 atom stereocenters. The maximum Gasteiger partial charge on any atom is 0.260 e. The van der Waals surface area contributed by atoms with Gasteiger partial charge in [-0.2, -0.15) is 4.72 Å². The van der Waals surface area contributed by atoms with Gasteiger partial charge in [-0.3, -0.25) is 4.79 Å². The largest absolute Gasteiger partial charge is 0.337 e. The number of nitrogens with one attached hydrogen (secondary N) is 1. The second-order valence-corrected chi connectivity index (χ2v) is 5.56. The molecule has 96 valence electrons. The Bertz CT molecular complexity index is 499. The van der Waals surface area contributed by atoms with Crippen molar-refractivity contribution in [1.82, 2.24) is 14.3 Å². The lowest BCUT2D eigenvalue weighted by atomic mass is 10.2. The van der Waals surface area contributed by atoms with Gasteiger partial charge >= 0.3 is 0 Å². The molecule has 1 aromatic heterocycles. The first-order valence-electron chi connectivity index (χ1n) is 5.33. The number of carbonyl (C=O) groups is 1. The lowest BCUT2D eigenvalue weighted by Gasteiger charge is -2.10. The summed E-state index contributed by atoms with van der Waals surface area (Å²) in [6.45, 7) is 4.93. The van der Waals surface area contributed by atoms with Gasteiger partial charge in [0.1, 0.15) is 11.6 Å². The number of sulfonamides is 1. The molecule has 0 bridgehead atoms. The molecule has 0 amide bonds. The van der Waals surface area contributed by atoms with Crippen LogP contribution in [0.15, 0.2) is 11.2 Å². The first kappa shape index (κ1) is 13.9. The molecule has 0 radical (unpaired) electrons. The van der Waals surface area contributed by atoms with E-state index in [9.17, 15) is 13.2 Å². The maximum atomic E-state index is 11.9. The van der Waals surface area contributed by atoms with Crippen LogP contribution in [-0.4, -0.2) is 29.8 Å². The van der Waals surface area contributed by atoms with Crippen LogP contribution in [-0.2, 0) is 21.9 Å². The Labute approximate surface area is 101 Å². The van der Waals surface area contributed by atoms with Crippen LogP contribution in [0, 0.1) is 6.92 Å². The second-order valence-electron chi connectivity index (χ2n) is 3.90. The summed E-state index contributed by atoms with van der Waals surface area (Å²) in [5, 5.41) is -0.0618. The SMILES string of the molecule is CCC(=O)C(C)NS(=O)(=O)c1cn(C)c(C)n1. The molecule has 0 fully saturated rings. The molecule has 0 aliphatic heterocycles. The number of aryl methyl sites for hydroxylation is 2. The Kier molecular flexibility index (Phi) is 4.05. The van der Waals surface area contributed by atoms with Gasteiger partial charge in [0.2, 0.25) is 0 Å². The van der Waals surface area contributed by atoms with E-state index < -0.39 is 16.1 Å². The average molecular weight is 259 g/mol. The maximum absolute atomic E-state index is 11.9. The lowest BCUT2D eigenvalue weighted by Crippen LogP contribution is -2.38. The van der Waals surface area contributed by atoms with Gasteiger partial charge in [-0.1, -0.05) is 6.92 Å². The molecule has 0 aliphatic carbocycles. The van der Waals surface area contributed by atoms with Crippen molar-refractivity contribution < 1.29 is 13.2 Å². The van der Waals surface area contributed by atoms with Gasteiger partial charge in [-0.25, -0.2) is 13.4 Å². The first-order chi connectivity index (χ1) is 7.77. The number of nitrogens with zero attached hydrogens (tertiary/aromatic N) is 2.